The van der Waals surface area contributed by atoms with E-state index in [1.165, 1.54) is 0 Å². The summed E-state index contributed by atoms with van der Waals surface area (Å²) < 4.78 is 5.53. The first-order chi connectivity index (χ1) is 13.3. The van der Waals surface area contributed by atoms with E-state index >= 15 is 0 Å². The maximum atomic E-state index is 12.6. The van der Waals surface area contributed by atoms with Crippen molar-refractivity contribution in [3.8, 4) is 12.3 Å². The summed E-state index contributed by atoms with van der Waals surface area (Å²) in [7, 11) is 0. The van der Waals surface area contributed by atoms with Gasteiger partial charge in [0.05, 0.1) is 17.6 Å². The number of hydrogen-bond donors (Lipinski definition) is 1. The van der Waals surface area contributed by atoms with Crippen molar-refractivity contribution in [1.29, 1.82) is 0 Å². The van der Waals surface area contributed by atoms with E-state index in [1.54, 1.807) is 11.0 Å². The van der Waals surface area contributed by atoms with Crippen LogP contribution >= 0.6 is 0 Å². The fourth-order valence-electron chi connectivity index (χ4n) is 3.01. The van der Waals surface area contributed by atoms with Crippen molar-refractivity contribution in [2.24, 2.45) is 0 Å². The lowest BCUT2D eigenvalue weighted by Crippen LogP contribution is -2.37. The van der Waals surface area contributed by atoms with Gasteiger partial charge in [-0.25, -0.2) is 9.78 Å². The van der Waals surface area contributed by atoms with Gasteiger partial charge in [-0.2, -0.15) is 0 Å². The lowest BCUT2D eigenvalue weighted by atomic mass is 10.1. The molecule has 2 aromatic carbocycles. The highest BCUT2D eigenvalue weighted by molar-refractivity contribution is 6.04. The van der Waals surface area contributed by atoms with Gasteiger partial charge in [-0.3, -0.25) is 0 Å². The van der Waals surface area contributed by atoms with Crippen molar-refractivity contribution in [3.63, 3.8) is 0 Å². The number of nitrogens with zero attached hydrogens (tertiary/aromatic N) is 2. The molecule has 1 aromatic heterocycles. The molecule has 0 aliphatic heterocycles. The number of imidazole rings is 1. The number of terminal acetylenes is 1. The molecule has 0 fully saturated rings. The van der Waals surface area contributed by atoms with E-state index in [-0.39, 0.29) is 6.09 Å². The smallest absolute Gasteiger partial charge is 0.410 e. The zero-order valence-corrected chi connectivity index (χ0v) is 16.6. The third-order valence-corrected chi connectivity index (χ3v) is 4.28. The Hall–Kier alpha value is -3.26. The molecule has 0 saturated carbocycles. The summed E-state index contributed by atoms with van der Waals surface area (Å²) >= 11 is 0. The van der Waals surface area contributed by atoms with Gasteiger partial charge in [-0.1, -0.05) is 24.1 Å². The average Bonchev–Trinajstić information content (AvgIpc) is 3.06. The van der Waals surface area contributed by atoms with Gasteiger partial charge in [0.1, 0.15) is 11.4 Å². The molecule has 0 bridgehead atoms. The van der Waals surface area contributed by atoms with E-state index in [4.69, 9.17) is 16.1 Å². The Labute approximate surface area is 165 Å². The van der Waals surface area contributed by atoms with Crippen LogP contribution in [0.25, 0.3) is 21.8 Å². The van der Waals surface area contributed by atoms with Gasteiger partial charge in [-0.05, 0) is 50.8 Å². The van der Waals surface area contributed by atoms with Crippen LogP contribution in [0.5, 0.6) is 0 Å². The highest BCUT2D eigenvalue weighted by atomic mass is 16.6. The number of H-pyrrole nitrogens is 1. The second kappa shape index (κ2) is 7.77. The molecule has 1 amide bonds. The van der Waals surface area contributed by atoms with Crippen LogP contribution in [-0.2, 0) is 11.3 Å². The molecule has 5 nitrogen and oxygen atoms in total. The van der Waals surface area contributed by atoms with Gasteiger partial charge in [0, 0.05) is 17.5 Å². The average molecular weight is 375 g/mol. The lowest BCUT2D eigenvalue weighted by Gasteiger charge is -2.26. The summed E-state index contributed by atoms with van der Waals surface area (Å²) in [5, 5.41) is 2.06. The molecular weight excluding hydrogens is 350 g/mol. The molecule has 1 heterocycles. The normalized spacial score (nSPS) is 11.4. The van der Waals surface area contributed by atoms with Crippen molar-refractivity contribution < 1.29 is 9.53 Å². The van der Waals surface area contributed by atoms with Crippen LogP contribution in [-0.4, -0.2) is 33.1 Å². The van der Waals surface area contributed by atoms with Crippen LogP contribution in [0.4, 0.5) is 4.79 Å². The molecule has 0 atom stereocenters. The van der Waals surface area contributed by atoms with Crippen LogP contribution in [0.15, 0.2) is 43.0 Å². The van der Waals surface area contributed by atoms with Crippen molar-refractivity contribution in [2.75, 3.05) is 6.54 Å². The topological polar surface area (TPSA) is 58.2 Å². The summed E-state index contributed by atoms with van der Waals surface area (Å²) in [5.74, 6) is 3.36. The molecule has 0 spiro atoms. The van der Waals surface area contributed by atoms with E-state index in [1.807, 2.05) is 51.1 Å². The van der Waals surface area contributed by atoms with Crippen LogP contribution in [0.2, 0.25) is 0 Å². The Morgan fingerprint density at radius 1 is 1.36 bits per heavy atom. The number of rotatable bonds is 5. The predicted octanol–water partition coefficient (Wildman–Crippen LogP) is 5.01. The quantitative estimate of drug-likeness (QED) is 0.504. The van der Waals surface area contributed by atoms with Gasteiger partial charge in [0.2, 0.25) is 0 Å². The maximum absolute atomic E-state index is 12.6. The van der Waals surface area contributed by atoms with E-state index < -0.39 is 5.60 Å². The van der Waals surface area contributed by atoms with E-state index in [0.29, 0.717) is 25.3 Å². The first-order valence-corrected chi connectivity index (χ1v) is 9.27. The van der Waals surface area contributed by atoms with Crippen molar-refractivity contribution >= 4 is 27.9 Å². The zero-order valence-electron chi connectivity index (χ0n) is 16.6. The number of ether oxygens (including phenoxy) is 1. The van der Waals surface area contributed by atoms with E-state index in [9.17, 15) is 4.79 Å². The molecule has 0 aliphatic carbocycles. The fourth-order valence-corrected chi connectivity index (χ4v) is 3.01. The third kappa shape index (κ3) is 4.34. The molecule has 0 aliphatic rings. The molecule has 144 valence electrons. The van der Waals surface area contributed by atoms with Crippen LogP contribution in [0.1, 0.15) is 38.6 Å². The summed E-state index contributed by atoms with van der Waals surface area (Å²) in [6.07, 6.45) is 7.60. The number of nitrogens with one attached hydrogen (secondary N) is 1. The Kier molecular flexibility index (Phi) is 5.41. The Balaban J connectivity index is 1.92. The third-order valence-electron chi connectivity index (χ3n) is 4.28. The first-order valence-electron chi connectivity index (χ1n) is 9.27. The number of aromatic amines is 1. The Bertz CT molecular complexity index is 1070. The Morgan fingerprint density at radius 3 is 2.82 bits per heavy atom. The Morgan fingerprint density at radius 2 is 2.14 bits per heavy atom. The van der Waals surface area contributed by atoms with Gasteiger partial charge < -0.3 is 14.6 Å². The van der Waals surface area contributed by atoms with E-state index in [2.05, 4.69) is 17.5 Å². The molecule has 0 saturated heterocycles. The zero-order chi connectivity index (χ0) is 20.3. The highest BCUT2D eigenvalue weighted by Gasteiger charge is 2.23. The number of fused-ring (bicyclic) bond motifs is 3. The summed E-state index contributed by atoms with van der Waals surface area (Å²) in [5.41, 5.74) is 2.07. The van der Waals surface area contributed by atoms with Gasteiger partial charge in [-0.15, -0.1) is 13.0 Å². The molecular formula is C23H25N3O2. The van der Waals surface area contributed by atoms with Gasteiger partial charge in [0.25, 0.3) is 0 Å². The number of aromatic nitrogens is 2. The maximum Gasteiger partial charge on any atom is 0.410 e. The number of benzene rings is 2. The second-order valence-electron chi connectivity index (χ2n) is 7.70. The molecule has 0 unspecified atom stereocenters. The fraction of sp³-hybridized carbons (Fsp3) is 0.304. The van der Waals surface area contributed by atoms with Crippen molar-refractivity contribution in [2.45, 2.75) is 39.3 Å². The minimum Gasteiger partial charge on any atom is -0.444 e. The first kappa shape index (κ1) is 19.5. The molecule has 3 aromatic rings. The van der Waals surface area contributed by atoms with Gasteiger partial charge in [0.15, 0.2) is 0 Å². The molecule has 3 rings (SSSR count). The monoisotopic (exact) mass is 375 g/mol. The lowest BCUT2D eigenvalue weighted by molar-refractivity contribution is 0.0233. The highest BCUT2D eigenvalue weighted by Crippen LogP contribution is 2.25. The number of amides is 1. The molecule has 1 N–H and O–H groups in total. The van der Waals surface area contributed by atoms with E-state index in [0.717, 1.165) is 27.4 Å². The van der Waals surface area contributed by atoms with Crippen LogP contribution in [0, 0.1) is 12.3 Å². The number of hydrogen-bond acceptors (Lipinski definition) is 3. The second-order valence-corrected chi connectivity index (χ2v) is 7.70. The van der Waals surface area contributed by atoms with Crippen LogP contribution < -0.4 is 0 Å². The molecule has 28 heavy (non-hydrogen) atoms. The SMILES string of the molecule is C#Cc1ccc2c(ccc3[nH]c(CN(CCC=C)C(=O)OC(C)(C)C)nc32)c1. The summed E-state index contributed by atoms with van der Waals surface area (Å²) in [6, 6.07) is 9.87. The van der Waals surface area contributed by atoms with Crippen molar-refractivity contribution in [1.82, 2.24) is 14.9 Å². The minimum absolute atomic E-state index is 0.335. The summed E-state index contributed by atoms with van der Waals surface area (Å²) in [6.45, 7) is 10.2. The summed E-state index contributed by atoms with van der Waals surface area (Å²) in [4.78, 5) is 22.3. The van der Waals surface area contributed by atoms with Gasteiger partial charge >= 0.3 is 6.09 Å². The number of carbonyl (C=O) groups excluding carboxylic acids is 1. The molecule has 0 radical (unpaired) electrons. The largest absolute Gasteiger partial charge is 0.444 e. The van der Waals surface area contributed by atoms with Crippen molar-refractivity contribution in [3.05, 3.63) is 54.4 Å². The minimum atomic E-state index is -0.553. The number of carbonyl (C=O) groups is 1. The van der Waals surface area contributed by atoms with Crippen LogP contribution in [0.3, 0.4) is 0 Å². The predicted molar refractivity (Wildman–Crippen MR) is 113 cm³/mol. The molecule has 5 heteroatoms. The standard InChI is InChI=1S/C23H25N3O2/c1-6-8-13-26(22(27)28-23(3,4)5)15-20-24-19-12-10-17-14-16(7-2)9-11-18(17)21(19)25-20/h2,6,9-12,14H,1,8,13,15H2,3-5H3,(H,24,25).